The Morgan fingerprint density at radius 1 is 1.36 bits per heavy atom. The Kier molecular flexibility index (Phi) is 5.51. The molecule has 1 amide bonds. The molecule has 1 unspecified atom stereocenters. The monoisotopic (exact) mass is 321 g/mol. The van der Waals surface area contributed by atoms with Crippen molar-refractivity contribution in [3.8, 4) is 0 Å². The number of benzene rings is 1. The summed E-state index contributed by atoms with van der Waals surface area (Å²) >= 11 is 1.54. The highest BCUT2D eigenvalue weighted by molar-refractivity contribution is 8.00. The average molecular weight is 321 g/mol. The van der Waals surface area contributed by atoms with Crippen molar-refractivity contribution in [3.63, 3.8) is 0 Å². The Hall–Kier alpha value is -1.49. The van der Waals surface area contributed by atoms with Crippen molar-refractivity contribution in [2.45, 2.75) is 44.6 Å². The molecular weight excluding hydrogens is 298 g/mol. The average Bonchev–Trinajstić information content (AvgIpc) is 3.29. The van der Waals surface area contributed by atoms with Crippen LogP contribution in [0.2, 0.25) is 0 Å². The molecule has 4 nitrogen and oxygen atoms in total. The third-order valence-electron chi connectivity index (χ3n) is 3.89. The molecule has 0 saturated heterocycles. The number of carboxylic acids is 1. The molecule has 0 aliphatic heterocycles. The molecule has 22 heavy (non-hydrogen) atoms. The first-order valence-corrected chi connectivity index (χ1v) is 8.59. The van der Waals surface area contributed by atoms with Gasteiger partial charge in [0.1, 0.15) is 0 Å². The predicted octanol–water partition coefficient (Wildman–Crippen LogP) is 3.11. The van der Waals surface area contributed by atoms with Gasteiger partial charge in [0.25, 0.3) is 0 Å². The second-order valence-corrected chi connectivity index (χ2v) is 7.09. The van der Waals surface area contributed by atoms with Crippen LogP contribution in [0.5, 0.6) is 0 Å². The topological polar surface area (TPSA) is 57.6 Å². The van der Waals surface area contributed by atoms with Crippen LogP contribution in [-0.4, -0.2) is 40.2 Å². The molecular formula is C17H23NO3S. The lowest BCUT2D eigenvalue weighted by molar-refractivity contribution is -0.142. The Morgan fingerprint density at radius 2 is 2.05 bits per heavy atom. The van der Waals surface area contributed by atoms with Gasteiger partial charge in [-0.2, -0.15) is 0 Å². The molecule has 0 aromatic heterocycles. The first-order chi connectivity index (χ1) is 10.4. The Balaban J connectivity index is 1.96. The number of nitrogens with zero attached hydrogens (tertiary/aromatic N) is 1. The van der Waals surface area contributed by atoms with Crippen LogP contribution >= 0.6 is 11.8 Å². The standard InChI is InChI=1S/C17H23NO3S/c1-11-4-5-12(2)15(8-11)22-10-16(19)18(14-6-7-14)9-13(3)17(20)21/h4-5,8,13-14H,6-7,9-10H2,1-3H3,(H,20,21). The maximum atomic E-state index is 12.5. The van der Waals surface area contributed by atoms with E-state index in [4.69, 9.17) is 5.11 Å². The molecule has 5 heteroatoms. The van der Waals surface area contributed by atoms with E-state index in [1.165, 1.54) is 22.9 Å². The fraction of sp³-hybridized carbons (Fsp3) is 0.529. The molecule has 1 atom stereocenters. The second-order valence-electron chi connectivity index (χ2n) is 6.07. The van der Waals surface area contributed by atoms with Crippen LogP contribution in [0.4, 0.5) is 0 Å². The number of carbonyl (C=O) groups is 2. The number of hydrogen-bond donors (Lipinski definition) is 1. The molecule has 120 valence electrons. The lowest BCUT2D eigenvalue weighted by Gasteiger charge is -2.24. The molecule has 1 aromatic carbocycles. The van der Waals surface area contributed by atoms with Gasteiger partial charge in [-0.15, -0.1) is 11.8 Å². The van der Waals surface area contributed by atoms with Gasteiger partial charge in [-0.3, -0.25) is 9.59 Å². The normalized spacial score (nSPS) is 15.4. The number of thioether (sulfide) groups is 1. The summed E-state index contributed by atoms with van der Waals surface area (Å²) in [5.74, 6) is -0.954. The highest BCUT2D eigenvalue weighted by Crippen LogP contribution is 2.30. The zero-order valence-electron chi connectivity index (χ0n) is 13.3. The summed E-state index contributed by atoms with van der Waals surface area (Å²) < 4.78 is 0. The minimum absolute atomic E-state index is 0.0431. The maximum Gasteiger partial charge on any atom is 0.308 e. The minimum Gasteiger partial charge on any atom is -0.481 e. The van der Waals surface area contributed by atoms with Crippen LogP contribution in [0.1, 0.15) is 30.9 Å². The highest BCUT2D eigenvalue weighted by Gasteiger charge is 2.34. The maximum absolute atomic E-state index is 12.5. The molecule has 0 radical (unpaired) electrons. The van der Waals surface area contributed by atoms with Crippen LogP contribution in [-0.2, 0) is 9.59 Å². The number of rotatable bonds is 7. The van der Waals surface area contributed by atoms with Gasteiger partial charge in [0.15, 0.2) is 0 Å². The van der Waals surface area contributed by atoms with Gasteiger partial charge >= 0.3 is 5.97 Å². The van der Waals surface area contributed by atoms with Gasteiger partial charge in [-0.05, 0) is 38.3 Å². The number of aryl methyl sites for hydroxylation is 2. The van der Waals surface area contributed by atoms with Gasteiger partial charge in [0.2, 0.25) is 5.91 Å². The first kappa shape index (κ1) is 16.9. The summed E-state index contributed by atoms with van der Waals surface area (Å²) in [6, 6.07) is 6.46. The van der Waals surface area contributed by atoms with Gasteiger partial charge < -0.3 is 10.0 Å². The van der Waals surface area contributed by atoms with Gasteiger partial charge in [0, 0.05) is 17.5 Å². The molecule has 0 bridgehead atoms. The fourth-order valence-electron chi connectivity index (χ4n) is 2.30. The zero-order valence-corrected chi connectivity index (χ0v) is 14.2. The molecule has 1 N–H and O–H groups in total. The van der Waals surface area contributed by atoms with Crippen molar-refractivity contribution < 1.29 is 14.7 Å². The minimum atomic E-state index is -0.847. The SMILES string of the molecule is Cc1ccc(C)c(SCC(=O)N(CC(C)C(=O)O)C2CC2)c1. The molecule has 1 aromatic rings. The van der Waals surface area contributed by atoms with E-state index in [1.54, 1.807) is 11.8 Å². The number of aliphatic carboxylic acids is 1. The molecule has 2 rings (SSSR count). The molecule has 1 saturated carbocycles. The van der Waals surface area contributed by atoms with Crippen molar-refractivity contribution >= 4 is 23.6 Å². The van der Waals surface area contributed by atoms with Crippen molar-refractivity contribution in [2.24, 2.45) is 5.92 Å². The second kappa shape index (κ2) is 7.18. The van der Waals surface area contributed by atoms with Crippen LogP contribution < -0.4 is 0 Å². The molecule has 1 aliphatic rings. The van der Waals surface area contributed by atoms with Gasteiger partial charge in [-0.1, -0.05) is 24.6 Å². The van der Waals surface area contributed by atoms with Crippen LogP contribution in [0.3, 0.4) is 0 Å². The van der Waals surface area contributed by atoms with E-state index in [1.807, 2.05) is 13.8 Å². The largest absolute Gasteiger partial charge is 0.481 e. The van der Waals surface area contributed by atoms with Crippen LogP contribution in [0.15, 0.2) is 23.1 Å². The Bertz CT molecular complexity index is 569. The molecule has 1 fully saturated rings. The first-order valence-electron chi connectivity index (χ1n) is 7.61. The smallest absolute Gasteiger partial charge is 0.308 e. The van der Waals surface area contributed by atoms with Crippen LogP contribution in [0, 0.1) is 19.8 Å². The third kappa shape index (κ3) is 4.50. The summed E-state index contributed by atoms with van der Waals surface area (Å²) in [5, 5.41) is 9.05. The third-order valence-corrected chi connectivity index (χ3v) is 5.04. The number of hydrogen-bond acceptors (Lipinski definition) is 3. The summed E-state index contributed by atoms with van der Waals surface area (Å²) in [5.41, 5.74) is 2.35. The summed E-state index contributed by atoms with van der Waals surface area (Å²) in [6.07, 6.45) is 1.98. The number of carbonyl (C=O) groups excluding carboxylic acids is 1. The van der Waals surface area contributed by atoms with Crippen molar-refractivity contribution in [1.82, 2.24) is 4.90 Å². The number of carboxylic acid groups (broad SMARTS) is 1. The van der Waals surface area contributed by atoms with Crippen molar-refractivity contribution in [1.29, 1.82) is 0 Å². The van der Waals surface area contributed by atoms with Gasteiger partial charge in [0.05, 0.1) is 11.7 Å². The van der Waals surface area contributed by atoms with Crippen LogP contribution in [0.25, 0.3) is 0 Å². The van der Waals surface area contributed by atoms with E-state index in [0.29, 0.717) is 12.3 Å². The van der Waals surface area contributed by atoms with Crippen molar-refractivity contribution in [3.05, 3.63) is 29.3 Å². The van der Waals surface area contributed by atoms with E-state index in [0.717, 1.165) is 17.7 Å². The lowest BCUT2D eigenvalue weighted by atomic mass is 10.1. The number of amides is 1. The van der Waals surface area contributed by atoms with E-state index < -0.39 is 11.9 Å². The molecule has 0 heterocycles. The van der Waals surface area contributed by atoms with E-state index >= 15 is 0 Å². The van der Waals surface area contributed by atoms with Gasteiger partial charge in [-0.25, -0.2) is 0 Å². The molecule has 0 spiro atoms. The van der Waals surface area contributed by atoms with E-state index in [2.05, 4.69) is 18.2 Å². The summed E-state index contributed by atoms with van der Waals surface area (Å²) in [7, 11) is 0. The van der Waals surface area contributed by atoms with Crippen molar-refractivity contribution in [2.75, 3.05) is 12.3 Å². The quantitative estimate of drug-likeness (QED) is 0.784. The fourth-order valence-corrected chi connectivity index (χ4v) is 3.31. The molecule has 1 aliphatic carbocycles. The predicted molar refractivity (Wildman–Crippen MR) is 88.2 cm³/mol. The Labute approximate surface area is 135 Å². The van der Waals surface area contributed by atoms with E-state index in [-0.39, 0.29) is 11.9 Å². The Morgan fingerprint density at radius 3 is 2.64 bits per heavy atom. The lowest BCUT2D eigenvalue weighted by Crippen LogP contribution is -2.39. The summed E-state index contributed by atoms with van der Waals surface area (Å²) in [4.78, 5) is 26.4. The zero-order chi connectivity index (χ0) is 16.3. The highest BCUT2D eigenvalue weighted by atomic mass is 32.2. The summed E-state index contributed by atoms with van der Waals surface area (Å²) in [6.45, 7) is 6.04. The van der Waals surface area contributed by atoms with E-state index in [9.17, 15) is 9.59 Å².